The molecule has 10 nitrogen and oxygen atoms in total. The summed E-state index contributed by atoms with van der Waals surface area (Å²) in [7, 11) is 0. The highest BCUT2D eigenvalue weighted by Crippen LogP contribution is 2.47. The van der Waals surface area contributed by atoms with Gasteiger partial charge in [-0.15, -0.1) is 0 Å². The zero-order chi connectivity index (χ0) is 46.7. The van der Waals surface area contributed by atoms with Gasteiger partial charge in [-0.1, -0.05) is 47.5 Å². The third kappa shape index (κ3) is 9.36. The molecule has 0 aromatic heterocycles. The van der Waals surface area contributed by atoms with Gasteiger partial charge < -0.3 is 30.7 Å². The Bertz CT molecular complexity index is 2530. The molecular weight excluding hydrogens is 1030 g/mol. The van der Waals surface area contributed by atoms with Crippen molar-refractivity contribution in [3.8, 4) is 22.3 Å². The van der Waals surface area contributed by atoms with Crippen LogP contribution in [0, 0.1) is 7.14 Å². The SMILES string of the molecule is CC1=C(C)c2c(c(C(N)=O)cc(I)c2-c2cccc3c2CCN(C(=O)OC(C)(C)C)C3)C1.CC1=C(C)c2c(c(C(N)=O)cc(I)c2-c2cccc3c2CCN(C(=O)OC(C)(C)C)C3)C1. The first kappa shape index (κ1) is 47.3. The van der Waals surface area contributed by atoms with Gasteiger partial charge in [0.1, 0.15) is 11.2 Å². The normalized spacial score (nSPS) is 15.5. The van der Waals surface area contributed by atoms with E-state index in [0.29, 0.717) is 37.3 Å². The fraction of sp³-hybridized carbons (Fsp3) is 0.385. The minimum Gasteiger partial charge on any atom is -0.444 e. The van der Waals surface area contributed by atoms with Crippen LogP contribution in [0.2, 0.25) is 0 Å². The van der Waals surface area contributed by atoms with Crippen molar-refractivity contribution in [2.45, 2.75) is 119 Å². The van der Waals surface area contributed by atoms with E-state index in [1.807, 2.05) is 53.7 Å². The molecule has 8 rings (SSSR count). The molecule has 0 atom stereocenters. The number of carbonyl (C=O) groups is 4. The topological polar surface area (TPSA) is 145 Å². The van der Waals surface area contributed by atoms with E-state index in [1.165, 1.54) is 55.7 Å². The molecule has 2 aliphatic carbocycles. The zero-order valence-corrected chi connectivity index (χ0v) is 42.8. The van der Waals surface area contributed by atoms with Crippen LogP contribution in [0.4, 0.5) is 9.59 Å². The maximum absolute atomic E-state index is 12.6. The van der Waals surface area contributed by atoms with Crippen molar-refractivity contribution >= 4 is 80.3 Å². The van der Waals surface area contributed by atoms with Gasteiger partial charge in [0, 0.05) is 55.6 Å². The molecule has 64 heavy (non-hydrogen) atoms. The summed E-state index contributed by atoms with van der Waals surface area (Å²) >= 11 is 4.65. The molecule has 336 valence electrons. The molecule has 0 unspecified atom stereocenters. The molecule has 12 heteroatoms. The second-order valence-electron chi connectivity index (χ2n) is 19.4. The minimum absolute atomic E-state index is 0.274. The van der Waals surface area contributed by atoms with Gasteiger partial charge in [-0.2, -0.15) is 0 Å². The Morgan fingerprint density at radius 1 is 0.562 bits per heavy atom. The lowest BCUT2D eigenvalue weighted by Crippen LogP contribution is -2.40. The van der Waals surface area contributed by atoms with Crippen LogP contribution in [0.25, 0.3) is 33.4 Å². The third-order valence-electron chi connectivity index (χ3n) is 12.6. The van der Waals surface area contributed by atoms with Gasteiger partial charge in [0.2, 0.25) is 11.8 Å². The van der Waals surface area contributed by atoms with Crippen LogP contribution < -0.4 is 11.5 Å². The predicted octanol–water partition coefficient (Wildman–Crippen LogP) is 11.4. The van der Waals surface area contributed by atoms with Crippen molar-refractivity contribution in [1.82, 2.24) is 9.80 Å². The molecule has 4 aliphatic rings. The number of nitrogens with two attached hydrogens (primary N) is 2. The Hall–Kier alpha value is -4.70. The van der Waals surface area contributed by atoms with Crippen molar-refractivity contribution in [3.63, 3.8) is 0 Å². The van der Waals surface area contributed by atoms with Crippen LogP contribution in [0.3, 0.4) is 0 Å². The summed E-state index contributed by atoms with van der Waals surface area (Å²) in [6, 6.07) is 16.5. The number of amides is 4. The number of nitrogens with zero attached hydrogens (tertiary/aromatic N) is 2. The molecule has 2 heterocycles. The van der Waals surface area contributed by atoms with E-state index in [0.717, 1.165) is 66.2 Å². The summed E-state index contributed by atoms with van der Waals surface area (Å²) in [5, 5.41) is 0. The number of fused-ring (bicyclic) bond motifs is 4. The van der Waals surface area contributed by atoms with Gasteiger partial charge in [0.15, 0.2) is 0 Å². The van der Waals surface area contributed by atoms with Gasteiger partial charge in [0.05, 0.1) is 0 Å². The number of primary amides is 2. The van der Waals surface area contributed by atoms with Crippen LogP contribution >= 0.6 is 45.2 Å². The second kappa shape index (κ2) is 17.9. The van der Waals surface area contributed by atoms with Crippen molar-refractivity contribution < 1.29 is 28.7 Å². The highest BCUT2D eigenvalue weighted by Gasteiger charge is 2.33. The number of hydrogen-bond acceptors (Lipinski definition) is 6. The maximum Gasteiger partial charge on any atom is 0.410 e. The zero-order valence-electron chi connectivity index (χ0n) is 38.5. The minimum atomic E-state index is -0.514. The van der Waals surface area contributed by atoms with Crippen molar-refractivity contribution in [1.29, 1.82) is 0 Å². The van der Waals surface area contributed by atoms with E-state index in [1.54, 1.807) is 9.80 Å². The summed E-state index contributed by atoms with van der Waals surface area (Å²) < 4.78 is 13.2. The largest absolute Gasteiger partial charge is 0.444 e. The fourth-order valence-electron chi connectivity index (χ4n) is 9.42. The highest BCUT2D eigenvalue weighted by molar-refractivity contribution is 14.1. The van der Waals surface area contributed by atoms with Crippen LogP contribution in [0.15, 0.2) is 59.7 Å². The number of halogens is 2. The van der Waals surface area contributed by atoms with Crippen LogP contribution in [-0.4, -0.2) is 58.1 Å². The molecule has 0 saturated carbocycles. The number of hydrogen-bond donors (Lipinski definition) is 2. The van der Waals surface area contributed by atoms with Crippen molar-refractivity contribution in [2.75, 3.05) is 13.1 Å². The number of benzene rings is 4. The van der Waals surface area contributed by atoms with Crippen molar-refractivity contribution in [3.05, 3.63) is 122 Å². The second-order valence-corrected chi connectivity index (χ2v) is 21.7. The predicted molar refractivity (Wildman–Crippen MR) is 271 cm³/mol. The Kier molecular flexibility index (Phi) is 13.2. The van der Waals surface area contributed by atoms with E-state index < -0.39 is 11.2 Å². The average molecular weight is 1090 g/mol. The van der Waals surface area contributed by atoms with E-state index in [2.05, 4.69) is 109 Å². The maximum atomic E-state index is 12.6. The van der Waals surface area contributed by atoms with Crippen molar-refractivity contribution in [2.24, 2.45) is 11.5 Å². The standard InChI is InChI=1S/2C26H29IN2O3/c2*1-14-11-19-20(24(28)30)12-21(27)23(22(19)15(14)2)18-8-6-7-16-13-29(10-9-17(16)18)25(31)32-26(3,4)5/h2*6-8,12H,9-11,13H2,1-5H3,(H2,28,30). The van der Waals surface area contributed by atoms with E-state index in [4.69, 9.17) is 20.9 Å². The Morgan fingerprint density at radius 2 is 0.922 bits per heavy atom. The molecule has 0 bridgehead atoms. The molecule has 4 aromatic carbocycles. The average Bonchev–Trinajstić information content (AvgIpc) is 3.67. The summed E-state index contributed by atoms with van der Waals surface area (Å²) in [6.07, 6.45) is 2.48. The van der Waals surface area contributed by atoms with Gasteiger partial charge >= 0.3 is 12.2 Å². The molecule has 0 spiro atoms. The van der Waals surface area contributed by atoms with Gasteiger partial charge in [-0.05, 0) is 219 Å². The molecule has 0 fully saturated rings. The number of ether oxygens (including phenoxy) is 2. The fourth-order valence-corrected chi connectivity index (χ4v) is 11.2. The number of carbonyl (C=O) groups excluding carboxylic acids is 4. The summed E-state index contributed by atoms with van der Waals surface area (Å²) in [6.45, 7) is 22.1. The Morgan fingerprint density at radius 3 is 1.25 bits per heavy atom. The lowest BCUT2D eigenvalue weighted by molar-refractivity contribution is 0.0214. The monoisotopic (exact) mass is 1090 g/mol. The summed E-state index contributed by atoms with van der Waals surface area (Å²) in [4.78, 5) is 53.1. The molecule has 2 aliphatic heterocycles. The van der Waals surface area contributed by atoms with Crippen LogP contribution in [0.1, 0.15) is 134 Å². The van der Waals surface area contributed by atoms with Gasteiger partial charge in [-0.25, -0.2) is 9.59 Å². The van der Waals surface area contributed by atoms with E-state index >= 15 is 0 Å². The highest BCUT2D eigenvalue weighted by atomic mass is 127. The van der Waals surface area contributed by atoms with E-state index in [-0.39, 0.29) is 24.0 Å². The summed E-state index contributed by atoms with van der Waals surface area (Å²) in [5.41, 5.74) is 30.5. The quantitative estimate of drug-likeness (QED) is 0.195. The molecule has 4 N–H and O–H groups in total. The Balaban J connectivity index is 0.000000191. The molecule has 0 radical (unpaired) electrons. The number of rotatable bonds is 4. The first-order valence-corrected chi connectivity index (χ1v) is 23.9. The lowest BCUT2D eigenvalue weighted by atomic mass is 9.85. The lowest BCUT2D eigenvalue weighted by Gasteiger charge is -2.32. The van der Waals surface area contributed by atoms with Crippen LogP contribution in [-0.2, 0) is 48.2 Å². The number of allylic oxidation sites excluding steroid dienone is 4. The van der Waals surface area contributed by atoms with Crippen LogP contribution in [0.5, 0.6) is 0 Å². The first-order valence-electron chi connectivity index (χ1n) is 21.8. The Labute approximate surface area is 404 Å². The molecule has 0 saturated heterocycles. The van der Waals surface area contributed by atoms with Gasteiger partial charge in [-0.3, -0.25) is 9.59 Å². The molecular formula is C52H58I2N4O6. The summed E-state index contributed by atoms with van der Waals surface area (Å²) in [5.74, 6) is -0.757. The van der Waals surface area contributed by atoms with Gasteiger partial charge in [0.25, 0.3) is 0 Å². The van der Waals surface area contributed by atoms with E-state index in [9.17, 15) is 19.2 Å². The molecule has 4 aromatic rings. The molecule has 4 amide bonds. The smallest absolute Gasteiger partial charge is 0.410 e. The first-order chi connectivity index (χ1) is 30.0. The third-order valence-corrected chi connectivity index (χ3v) is 14.3.